The number of nitrogens with one attached hydrogen (secondary N) is 1. The fourth-order valence-electron chi connectivity index (χ4n) is 4.21. The van der Waals surface area contributed by atoms with E-state index in [1.165, 1.54) is 16.9 Å². The number of aromatic nitrogens is 2. The molecule has 1 aliphatic rings. The number of nitrogens with zero attached hydrogens (tertiary/aromatic N) is 2. The van der Waals surface area contributed by atoms with Crippen molar-refractivity contribution in [3.8, 4) is 0 Å². The number of hydrogen-bond acceptors (Lipinski definition) is 7. The van der Waals surface area contributed by atoms with Crippen LogP contribution in [0.1, 0.15) is 55.1 Å². The summed E-state index contributed by atoms with van der Waals surface area (Å²) in [7, 11) is 0. The van der Waals surface area contributed by atoms with Crippen molar-refractivity contribution in [2.45, 2.75) is 65.2 Å². The van der Waals surface area contributed by atoms with Gasteiger partial charge in [-0.2, -0.15) is 0 Å². The number of ether oxygens (including phenoxy) is 1. The molecular weight excluding hydrogens is 426 g/mol. The second kappa shape index (κ2) is 10.7. The third-order valence-electron chi connectivity index (χ3n) is 5.87. The first-order chi connectivity index (χ1) is 15.5. The van der Waals surface area contributed by atoms with Gasteiger partial charge < -0.3 is 19.2 Å². The van der Waals surface area contributed by atoms with Gasteiger partial charge in [0, 0.05) is 11.4 Å². The standard InChI is InChI=1S/C24H33N3O4S/c1-16(2)9-10-27(12-17(28)14-30-15-18-6-5-11-31-18)13-21-25-23(29)22-19-7-3-4-8-20(19)32-24(22)26-21/h5-6,11,16-17,28H,3-4,7-10,12-15H2,1-2H3,(H,25,26,29)/t17-/m0/s1. The number of hydrogen-bond donors (Lipinski definition) is 2. The lowest BCUT2D eigenvalue weighted by atomic mass is 9.97. The van der Waals surface area contributed by atoms with Crippen molar-refractivity contribution in [1.82, 2.24) is 14.9 Å². The normalized spacial score (nSPS) is 15.0. The van der Waals surface area contributed by atoms with E-state index in [1.807, 2.05) is 12.1 Å². The number of aromatic amines is 1. The van der Waals surface area contributed by atoms with E-state index in [9.17, 15) is 9.90 Å². The topological polar surface area (TPSA) is 91.6 Å². The minimum Gasteiger partial charge on any atom is -0.467 e. The molecule has 0 amide bonds. The van der Waals surface area contributed by atoms with Gasteiger partial charge in [0.25, 0.3) is 5.56 Å². The minimum atomic E-state index is -0.637. The molecule has 1 aliphatic carbocycles. The summed E-state index contributed by atoms with van der Waals surface area (Å²) < 4.78 is 10.9. The number of fused-ring (bicyclic) bond motifs is 3. The Bertz CT molecular complexity index is 1060. The highest BCUT2D eigenvalue weighted by atomic mass is 32.1. The predicted octanol–water partition coefficient (Wildman–Crippen LogP) is 3.88. The molecule has 0 radical (unpaired) electrons. The van der Waals surface area contributed by atoms with Gasteiger partial charge in [-0.3, -0.25) is 9.69 Å². The largest absolute Gasteiger partial charge is 0.467 e. The molecule has 8 heteroatoms. The van der Waals surface area contributed by atoms with E-state index < -0.39 is 6.10 Å². The summed E-state index contributed by atoms with van der Waals surface area (Å²) in [5, 5.41) is 11.3. The van der Waals surface area contributed by atoms with Crippen LogP contribution in [0.4, 0.5) is 0 Å². The van der Waals surface area contributed by atoms with Crippen LogP contribution < -0.4 is 5.56 Å². The average Bonchev–Trinajstić information content (AvgIpc) is 3.39. The number of H-pyrrole nitrogens is 1. The molecule has 0 saturated heterocycles. The maximum Gasteiger partial charge on any atom is 0.259 e. The van der Waals surface area contributed by atoms with Gasteiger partial charge in [-0.15, -0.1) is 11.3 Å². The van der Waals surface area contributed by atoms with Crippen molar-refractivity contribution in [2.24, 2.45) is 5.92 Å². The molecule has 174 valence electrons. The summed E-state index contributed by atoms with van der Waals surface area (Å²) in [6, 6.07) is 3.67. The fourth-order valence-corrected chi connectivity index (χ4v) is 5.49. The van der Waals surface area contributed by atoms with Crippen molar-refractivity contribution in [1.29, 1.82) is 0 Å². The lowest BCUT2D eigenvalue weighted by Gasteiger charge is -2.25. The van der Waals surface area contributed by atoms with Gasteiger partial charge in [-0.05, 0) is 62.3 Å². The third kappa shape index (κ3) is 5.86. The maximum absolute atomic E-state index is 12.9. The second-order valence-electron chi connectivity index (χ2n) is 9.07. The van der Waals surface area contributed by atoms with E-state index >= 15 is 0 Å². The summed E-state index contributed by atoms with van der Waals surface area (Å²) in [5.74, 6) is 1.94. The Balaban J connectivity index is 1.43. The first kappa shape index (κ1) is 23.2. The molecule has 0 spiro atoms. The van der Waals surface area contributed by atoms with Crippen LogP contribution in [0.5, 0.6) is 0 Å². The summed E-state index contributed by atoms with van der Waals surface area (Å²) in [6.07, 6.45) is 6.33. The molecule has 0 bridgehead atoms. The van der Waals surface area contributed by atoms with E-state index in [2.05, 4.69) is 23.7 Å². The SMILES string of the molecule is CC(C)CCN(Cc1nc2sc3c(c2c(=O)[nH]1)CCCC3)C[C@H](O)COCc1ccco1. The smallest absolute Gasteiger partial charge is 0.259 e. The van der Waals surface area contributed by atoms with Crippen LogP contribution in [-0.2, 0) is 30.7 Å². The molecule has 2 N–H and O–H groups in total. The van der Waals surface area contributed by atoms with Crippen molar-refractivity contribution < 1.29 is 14.3 Å². The zero-order valence-corrected chi connectivity index (χ0v) is 19.7. The molecule has 0 saturated carbocycles. The van der Waals surface area contributed by atoms with Gasteiger partial charge in [0.15, 0.2) is 0 Å². The summed E-state index contributed by atoms with van der Waals surface area (Å²) in [6.45, 7) is 6.69. The highest BCUT2D eigenvalue weighted by Crippen LogP contribution is 2.33. The molecule has 0 unspecified atom stereocenters. The quantitative estimate of drug-likeness (QED) is 0.452. The summed E-state index contributed by atoms with van der Waals surface area (Å²) in [5.41, 5.74) is 1.17. The van der Waals surface area contributed by atoms with Crippen molar-refractivity contribution in [2.75, 3.05) is 19.7 Å². The Hall–Kier alpha value is -2.00. The summed E-state index contributed by atoms with van der Waals surface area (Å²) in [4.78, 5) is 25.0. The van der Waals surface area contributed by atoms with E-state index in [0.29, 0.717) is 31.4 Å². The van der Waals surface area contributed by atoms with E-state index in [0.717, 1.165) is 48.2 Å². The molecule has 0 fully saturated rings. The Labute approximate surface area is 192 Å². The van der Waals surface area contributed by atoms with Crippen LogP contribution in [0, 0.1) is 5.92 Å². The molecule has 7 nitrogen and oxygen atoms in total. The Morgan fingerprint density at radius 1 is 1.34 bits per heavy atom. The Kier molecular flexibility index (Phi) is 7.78. The van der Waals surface area contributed by atoms with Crippen LogP contribution in [0.2, 0.25) is 0 Å². The molecule has 32 heavy (non-hydrogen) atoms. The number of thiophene rings is 1. The molecule has 3 heterocycles. The molecule has 0 aliphatic heterocycles. The van der Waals surface area contributed by atoms with Crippen molar-refractivity contribution >= 4 is 21.6 Å². The number of aliphatic hydroxyl groups excluding tert-OH is 1. The van der Waals surface area contributed by atoms with Gasteiger partial charge in [0.2, 0.25) is 0 Å². The maximum atomic E-state index is 12.9. The summed E-state index contributed by atoms with van der Waals surface area (Å²) >= 11 is 1.67. The van der Waals surface area contributed by atoms with Crippen LogP contribution in [0.15, 0.2) is 27.6 Å². The van der Waals surface area contributed by atoms with E-state index in [1.54, 1.807) is 17.6 Å². The van der Waals surface area contributed by atoms with Crippen LogP contribution in [0.3, 0.4) is 0 Å². The van der Waals surface area contributed by atoms with E-state index in [-0.39, 0.29) is 12.2 Å². The van der Waals surface area contributed by atoms with Crippen molar-refractivity contribution in [3.63, 3.8) is 0 Å². The molecule has 3 aromatic heterocycles. The van der Waals surface area contributed by atoms with Gasteiger partial charge in [-0.25, -0.2) is 4.98 Å². The number of rotatable bonds is 11. The van der Waals surface area contributed by atoms with Crippen molar-refractivity contribution in [3.05, 3.63) is 50.8 Å². The van der Waals surface area contributed by atoms with Crippen LogP contribution in [0.25, 0.3) is 10.2 Å². The lowest BCUT2D eigenvalue weighted by Crippen LogP contribution is -2.36. The highest BCUT2D eigenvalue weighted by Gasteiger charge is 2.21. The first-order valence-corrected chi connectivity index (χ1v) is 12.3. The molecule has 3 aromatic rings. The average molecular weight is 460 g/mol. The fraction of sp³-hybridized carbons (Fsp3) is 0.583. The van der Waals surface area contributed by atoms with Crippen LogP contribution in [-0.4, -0.2) is 45.8 Å². The zero-order valence-electron chi connectivity index (χ0n) is 18.9. The molecule has 1 atom stereocenters. The second-order valence-corrected chi connectivity index (χ2v) is 10.2. The molecule has 0 aromatic carbocycles. The Morgan fingerprint density at radius 3 is 2.97 bits per heavy atom. The third-order valence-corrected chi connectivity index (χ3v) is 7.06. The van der Waals surface area contributed by atoms with Gasteiger partial charge in [0.1, 0.15) is 23.0 Å². The predicted molar refractivity (Wildman–Crippen MR) is 126 cm³/mol. The zero-order chi connectivity index (χ0) is 22.5. The number of aliphatic hydroxyl groups is 1. The number of aryl methyl sites for hydroxylation is 2. The lowest BCUT2D eigenvalue weighted by molar-refractivity contribution is 0.00291. The first-order valence-electron chi connectivity index (χ1n) is 11.5. The minimum absolute atomic E-state index is 0.0319. The van der Waals surface area contributed by atoms with E-state index in [4.69, 9.17) is 14.1 Å². The van der Waals surface area contributed by atoms with Gasteiger partial charge >= 0.3 is 0 Å². The molecular formula is C24H33N3O4S. The van der Waals surface area contributed by atoms with Gasteiger partial charge in [0.05, 0.1) is 30.9 Å². The van der Waals surface area contributed by atoms with Crippen LogP contribution >= 0.6 is 11.3 Å². The molecule has 4 rings (SSSR count). The number of furan rings is 1. The monoisotopic (exact) mass is 459 g/mol. The Morgan fingerprint density at radius 2 is 2.19 bits per heavy atom. The van der Waals surface area contributed by atoms with Gasteiger partial charge in [-0.1, -0.05) is 13.8 Å². The highest BCUT2D eigenvalue weighted by molar-refractivity contribution is 7.18.